The molecule has 0 atom stereocenters. The Kier molecular flexibility index (Phi) is 7.57. The molecule has 9 heteroatoms. The van der Waals surface area contributed by atoms with Gasteiger partial charge in [-0.3, -0.25) is 4.79 Å². The van der Waals surface area contributed by atoms with E-state index in [-0.39, 0.29) is 6.47 Å². The number of carboxylic acid groups (broad SMARTS) is 1. The molecule has 0 spiro atoms. The van der Waals surface area contributed by atoms with Gasteiger partial charge in [0.05, 0.1) is 6.61 Å². The largest absolute Gasteiger partial charge is 0.491 e. The van der Waals surface area contributed by atoms with Crippen LogP contribution >= 0.6 is 0 Å². The monoisotopic (exact) mass is 372 g/mol. The lowest BCUT2D eigenvalue weighted by molar-refractivity contribution is -0.122. The topological polar surface area (TPSA) is 117 Å². The molecule has 8 nitrogen and oxygen atoms in total. The Bertz CT molecular complexity index is 771. The molecule has 1 aliphatic heterocycles. The van der Waals surface area contributed by atoms with E-state index in [9.17, 15) is 5.02 Å². The fourth-order valence-corrected chi connectivity index (χ4v) is 2.77. The maximum atomic E-state index is 9.68. The number of carbonyl (C=O) groups is 1. The van der Waals surface area contributed by atoms with Crippen molar-refractivity contribution in [2.75, 3.05) is 10.6 Å². The summed E-state index contributed by atoms with van der Waals surface area (Å²) in [4.78, 5) is 17.3. The number of aromatic nitrogens is 2. The minimum Gasteiger partial charge on any atom is -0.483 e. The van der Waals surface area contributed by atoms with E-state index in [0.717, 1.165) is 40.9 Å². The number of hydrogen-bond acceptors (Lipinski definition) is 7. The number of nitrogens with zero attached hydrogens (tertiary/aromatic N) is 2. The van der Waals surface area contributed by atoms with E-state index < -0.39 is 7.12 Å². The van der Waals surface area contributed by atoms with E-state index >= 15 is 0 Å². The van der Waals surface area contributed by atoms with Crippen molar-refractivity contribution >= 4 is 36.5 Å². The maximum Gasteiger partial charge on any atom is 0.491 e. The van der Waals surface area contributed by atoms with Crippen LogP contribution in [0.3, 0.4) is 0 Å². The molecular weight excluding hydrogens is 347 g/mol. The first-order chi connectivity index (χ1) is 13.0. The molecule has 3 rings (SSSR count). The Morgan fingerprint density at radius 3 is 2.74 bits per heavy atom. The minimum absolute atomic E-state index is 0.250. The van der Waals surface area contributed by atoms with Crippen molar-refractivity contribution in [3.63, 3.8) is 0 Å². The van der Waals surface area contributed by atoms with Crippen molar-refractivity contribution in [3.05, 3.63) is 35.5 Å². The highest BCUT2D eigenvalue weighted by atomic mass is 16.5. The fraction of sp³-hybridized carbons (Fsp3) is 0.389. The zero-order valence-corrected chi connectivity index (χ0v) is 15.8. The first-order valence-electron chi connectivity index (χ1n) is 8.89. The molecule has 2 heterocycles. The summed E-state index contributed by atoms with van der Waals surface area (Å²) < 4.78 is 5.22. The van der Waals surface area contributed by atoms with Crippen LogP contribution in [-0.2, 0) is 16.1 Å². The molecular formula is C18H25BN4O4. The molecule has 0 saturated heterocycles. The van der Waals surface area contributed by atoms with Crippen molar-refractivity contribution in [2.24, 2.45) is 0 Å². The molecule has 0 bridgehead atoms. The number of nitrogens with one attached hydrogen (secondary N) is 2. The first-order valence-corrected chi connectivity index (χ1v) is 8.89. The lowest BCUT2D eigenvalue weighted by Gasteiger charge is -2.17. The van der Waals surface area contributed by atoms with Crippen LogP contribution in [-0.4, -0.2) is 39.7 Å². The highest BCUT2D eigenvalue weighted by Crippen LogP contribution is 2.20. The van der Waals surface area contributed by atoms with Gasteiger partial charge in [0, 0.05) is 23.5 Å². The Hall–Kier alpha value is -2.65. The molecule has 0 radical (unpaired) electrons. The van der Waals surface area contributed by atoms with E-state index in [0.29, 0.717) is 18.6 Å². The van der Waals surface area contributed by atoms with Crippen molar-refractivity contribution in [1.82, 2.24) is 9.97 Å². The van der Waals surface area contributed by atoms with E-state index in [1.807, 2.05) is 31.3 Å². The summed E-state index contributed by atoms with van der Waals surface area (Å²) in [5, 5.41) is 23.3. The van der Waals surface area contributed by atoms with E-state index in [2.05, 4.69) is 34.4 Å². The SMILES string of the molecule is CCC(CC)Nc1nc(Nc2ccc3c(c2)COB3O)ncc1C.O=CO. The molecule has 1 aliphatic rings. The van der Waals surface area contributed by atoms with Crippen LogP contribution in [0.5, 0.6) is 0 Å². The van der Waals surface area contributed by atoms with Crippen LogP contribution in [0.4, 0.5) is 17.5 Å². The highest BCUT2D eigenvalue weighted by molar-refractivity contribution is 6.61. The van der Waals surface area contributed by atoms with Gasteiger partial charge in [0.2, 0.25) is 5.95 Å². The van der Waals surface area contributed by atoms with Crippen molar-refractivity contribution in [3.8, 4) is 0 Å². The lowest BCUT2D eigenvalue weighted by Crippen LogP contribution is -2.27. The molecule has 0 saturated carbocycles. The van der Waals surface area contributed by atoms with Crippen molar-refractivity contribution in [1.29, 1.82) is 0 Å². The van der Waals surface area contributed by atoms with Gasteiger partial charge in [0.1, 0.15) is 5.82 Å². The molecule has 0 fully saturated rings. The first kappa shape index (κ1) is 20.7. The van der Waals surface area contributed by atoms with E-state index in [1.54, 1.807) is 0 Å². The number of fused-ring (bicyclic) bond motifs is 1. The summed E-state index contributed by atoms with van der Waals surface area (Å²) in [6.07, 6.45) is 3.92. The van der Waals surface area contributed by atoms with Crippen LogP contribution in [0.25, 0.3) is 0 Å². The summed E-state index contributed by atoms with van der Waals surface area (Å²) in [6, 6.07) is 6.13. The summed E-state index contributed by atoms with van der Waals surface area (Å²) in [6.45, 7) is 6.50. The third-order valence-corrected chi connectivity index (χ3v) is 4.36. The van der Waals surface area contributed by atoms with E-state index in [4.69, 9.17) is 14.6 Å². The van der Waals surface area contributed by atoms with Gasteiger partial charge in [-0.15, -0.1) is 0 Å². The van der Waals surface area contributed by atoms with Crippen LogP contribution in [0, 0.1) is 6.92 Å². The Labute approximate surface area is 159 Å². The van der Waals surface area contributed by atoms with Gasteiger partial charge >= 0.3 is 7.12 Å². The summed E-state index contributed by atoms with van der Waals surface area (Å²) >= 11 is 0. The molecule has 0 unspecified atom stereocenters. The predicted molar refractivity (Wildman–Crippen MR) is 106 cm³/mol. The summed E-state index contributed by atoms with van der Waals surface area (Å²) in [5.41, 5.74) is 3.71. The average Bonchev–Trinajstić information content (AvgIpc) is 3.03. The smallest absolute Gasteiger partial charge is 0.483 e. The number of rotatable bonds is 6. The van der Waals surface area contributed by atoms with Crippen LogP contribution in [0.2, 0.25) is 0 Å². The van der Waals surface area contributed by atoms with Crippen molar-refractivity contribution < 1.29 is 19.6 Å². The molecule has 1 aromatic carbocycles. The zero-order chi connectivity index (χ0) is 19.8. The van der Waals surface area contributed by atoms with Crippen LogP contribution < -0.4 is 16.1 Å². The fourth-order valence-electron chi connectivity index (χ4n) is 2.77. The van der Waals surface area contributed by atoms with Crippen molar-refractivity contribution in [2.45, 2.75) is 46.3 Å². The normalized spacial score (nSPS) is 12.3. The quantitative estimate of drug-likeness (QED) is 0.450. The van der Waals surface area contributed by atoms with Crippen LogP contribution in [0.15, 0.2) is 24.4 Å². The van der Waals surface area contributed by atoms with Gasteiger partial charge in [0.25, 0.3) is 6.47 Å². The third-order valence-electron chi connectivity index (χ3n) is 4.36. The number of aryl methyl sites for hydroxylation is 1. The van der Waals surface area contributed by atoms with Gasteiger partial charge in [-0.05, 0) is 42.9 Å². The molecule has 1 aromatic heterocycles. The van der Waals surface area contributed by atoms with Gasteiger partial charge in [-0.1, -0.05) is 19.9 Å². The highest BCUT2D eigenvalue weighted by Gasteiger charge is 2.27. The third kappa shape index (κ3) is 5.41. The Balaban J connectivity index is 0.000000817. The number of benzene rings is 1. The summed E-state index contributed by atoms with van der Waals surface area (Å²) in [5.74, 6) is 1.41. The number of hydrogen-bond donors (Lipinski definition) is 4. The molecule has 0 aliphatic carbocycles. The Morgan fingerprint density at radius 2 is 2.07 bits per heavy atom. The molecule has 4 N–H and O–H groups in total. The predicted octanol–water partition coefficient (Wildman–Crippen LogP) is 2.05. The maximum absolute atomic E-state index is 9.68. The van der Waals surface area contributed by atoms with E-state index in [1.165, 1.54) is 0 Å². The molecule has 27 heavy (non-hydrogen) atoms. The average molecular weight is 372 g/mol. The van der Waals surface area contributed by atoms with Crippen LogP contribution in [0.1, 0.15) is 37.8 Å². The lowest BCUT2D eigenvalue weighted by atomic mass is 9.79. The van der Waals surface area contributed by atoms with Gasteiger partial charge in [-0.2, -0.15) is 4.98 Å². The summed E-state index contributed by atoms with van der Waals surface area (Å²) in [7, 11) is -0.819. The standard InChI is InChI=1S/C17H23BN4O2.CH2O2/c1-4-13(5-2)20-16-11(3)9-19-17(22-16)21-14-6-7-15-12(8-14)10-24-18(15)23;2-1-3/h6-9,13,23H,4-5,10H2,1-3H3,(H2,19,20,21,22);1H,(H,2,3). The van der Waals surface area contributed by atoms with Gasteiger partial charge in [0.15, 0.2) is 0 Å². The second-order valence-electron chi connectivity index (χ2n) is 6.19. The zero-order valence-electron chi connectivity index (χ0n) is 15.8. The molecule has 2 aromatic rings. The van der Waals surface area contributed by atoms with Gasteiger partial charge < -0.3 is 25.4 Å². The second-order valence-corrected chi connectivity index (χ2v) is 6.19. The van der Waals surface area contributed by atoms with Gasteiger partial charge in [-0.25, -0.2) is 4.98 Å². The number of anilines is 3. The molecule has 0 amide bonds. The Morgan fingerprint density at radius 1 is 1.37 bits per heavy atom. The second kappa shape index (κ2) is 9.89. The minimum atomic E-state index is -0.819. The molecule has 144 valence electrons.